The van der Waals surface area contributed by atoms with E-state index >= 15 is 0 Å². The molecule has 3 aromatic rings. The molecule has 5 heterocycles. The molecule has 10 atom stereocenters. The highest BCUT2D eigenvalue weighted by molar-refractivity contribution is 7.10. The van der Waals surface area contributed by atoms with Gasteiger partial charge in [0.15, 0.2) is 35.6 Å². The molecule has 0 bridgehead atoms. The second-order valence-corrected chi connectivity index (χ2v) is 12.5. The number of aromatic hydroxyl groups is 1. The molecule has 8 rings (SSSR count). The van der Waals surface area contributed by atoms with Crippen molar-refractivity contribution in [2.24, 2.45) is 11.8 Å². The Morgan fingerprint density at radius 3 is 2.43 bits per heavy atom. The smallest absolute Gasteiger partial charge is 0.310 e. The summed E-state index contributed by atoms with van der Waals surface area (Å²) in [7, 11) is -6.11. The summed E-state index contributed by atoms with van der Waals surface area (Å²) in [6, 6.07) is 9.29. The van der Waals surface area contributed by atoms with E-state index in [9.17, 15) is 20.1 Å². The van der Waals surface area contributed by atoms with Crippen LogP contribution in [0.2, 0.25) is 0 Å². The molecule has 0 amide bonds. The van der Waals surface area contributed by atoms with Crippen LogP contribution in [0, 0.1) is 11.8 Å². The van der Waals surface area contributed by atoms with Crippen LogP contribution in [0.3, 0.4) is 0 Å². The van der Waals surface area contributed by atoms with Gasteiger partial charge in [-0.3, -0.25) is 4.79 Å². The van der Waals surface area contributed by atoms with Crippen molar-refractivity contribution in [2.75, 3.05) is 34.1 Å². The Balaban J connectivity index is 1.18. The van der Waals surface area contributed by atoms with Crippen LogP contribution in [0.15, 0.2) is 41.8 Å². The van der Waals surface area contributed by atoms with Crippen LogP contribution in [0.4, 0.5) is 0 Å². The Morgan fingerprint density at radius 2 is 1.72 bits per heavy atom. The van der Waals surface area contributed by atoms with Gasteiger partial charge >= 0.3 is 5.97 Å². The predicted octanol–water partition coefficient (Wildman–Crippen LogP) is 2.75. The zero-order valence-corrected chi connectivity index (χ0v) is 24.6. The first-order chi connectivity index (χ1) is 24.6. The van der Waals surface area contributed by atoms with Gasteiger partial charge in [-0.2, -0.15) is 0 Å². The minimum atomic E-state index is -3.05. The van der Waals surface area contributed by atoms with Crippen molar-refractivity contribution in [1.29, 1.82) is 0 Å². The molecular formula is C32H32O13S. The summed E-state index contributed by atoms with van der Waals surface area (Å²) < 4.78 is 97.2. The third-order valence-electron chi connectivity index (χ3n) is 9.15. The molecule has 0 saturated carbocycles. The van der Waals surface area contributed by atoms with E-state index in [4.69, 9.17) is 50.9 Å². The van der Waals surface area contributed by atoms with E-state index < -0.39 is 98.1 Å². The number of thiophene rings is 1. The number of cyclic esters (lactones) is 1. The number of phenols is 1. The van der Waals surface area contributed by atoms with E-state index in [1.807, 2.05) is 17.5 Å². The number of carbonyl (C=O) groups excluding carboxylic acids is 1. The number of phenolic OH excluding ortho intramolecular Hbond substituents is 1. The lowest BCUT2D eigenvalue weighted by atomic mass is 9.66. The lowest BCUT2D eigenvalue weighted by Gasteiger charge is -2.48. The van der Waals surface area contributed by atoms with Gasteiger partial charge in [0, 0.05) is 11.8 Å². The van der Waals surface area contributed by atoms with E-state index in [-0.39, 0.29) is 25.6 Å². The number of esters is 1. The molecule has 3 N–H and O–H groups in total. The van der Waals surface area contributed by atoms with E-state index in [1.165, 1.54) is 23.5 Å². The van der Waals surface area contributed by atoms with Gasteiger partial charge in [-0.15, -0.1) is 11.3 Å². The number of ether oxygens (including phenoxy) is 9. The van der Waals surface area contributed by atoms with E-state index in [0.717, 1.165) is 4.88 Å². The Bertz CT molecular complexity index is 1800. The van der Waals surface area contributed by atoms with Crippen molar-refractivity contribution < 1.29 is 71.0 Å². The maximum atomic E-state index is 13.6. The predicted molar refractivity (Wildman–Crippen MR) is 156 cm³/mol. The molecule has 3 fully saturated rings. The first-order valence-electron chi connectivity index (χ1n) is 17.5. The van der Waals surface area contributed by atoms with Crippen molar-refractivity contribution in [3.05, 3.63) is 63.3 Å². The van der Waals surface area contributed by atoms with Gasteiger partial charge < -0.3 is 58.0 Å². The minimum absolute atomic E-state index is 0.0225. The average Bonchev–Trinajstić information content (AvgIpc) is 3.85. The van der Waals surface area contributed by atoms with Gasteiger partial charge in [-0.1, -0.05) is 6.07 Å². The summed E-state index contributed by atoms with van der Waals surface area (Å²) in [5, 5.41) is 35.3. The van der Waals surface area contributed by atoms with Gasteiger partial charge in [0.2, 0.25) is 12.5 Å². The zero-order valence-electron chi connectivity index (χ0n) is 29.8. The SMILES string of the molecule is [2H]C([2H])([2H])Oc1cc([C@@H]2c3cc4c(cc3[C@@H](O[C@@H]3O[C@@H]5CO[C@@H](c6cccs6)O[C@H]5[C@H](O)[C@H]3O)[C@H]3COC(=O)[C@H]23)OCO4)cc(OC([2H])([2H])[2H])c1O. The maximum Gasteiger partial charge on any atom is 0.310 e. The molecule has 244 valence electrons. The van der Waals surface area contributed by atoms with Gasteiger partial charge in [0.25, 0.3) is 0 Å². The molecule has 46 heavy (non-hydrogen) atoms. The third-order valence-corrected chi connectivity index (χ3v) is 10.0. The average molecular weight is 663 g/mol. The summed E-state index contributed by atoms with van der Waals surface area (Å²) in [6.07, 6.45) is -7.99. The van der Waals surface area contributed by atoms with E-state index in [0.29, 0.717) is 22.6 Å². The molecule has 1 aliphatic carbocycles. The Kier molecular flexibility index (Phi) is 5.94. The van der Waals surface area contributed by atoms with Gasteiger partial charge in [-0.05, 0) is 52.4 Å². The highest BCUT2D eigenvalue weighted by Crippen LogP contribution is 2.57. The van der Waals surface area contributed by atoms with Crippen molar-refractivity contribution >= 4 is 17.3 Å². The van der Waals surface area contributed by atoms with E-state index in [1.54, 1.807) is 12.1 Å². The third kappa shape index (κ3) is 4.70. The quantitative estimate of drug-likeness (QED) is 0.331. The van der Waals surface area contributed by atoms with Crippen LogP contribution in [0.1, 0.15) is 48.1 Å². The molecular weight excluding hydrogens is 624 g/mol. The number of hydrogen-bond acceptors (Lipinski definition) is 14. The second-order valence-electron chi connectivity index (χ2n) is 11.6. The van der Waals surface area contributed by atoms with Gasteiger partial charge in [0.05, 0.1) is 52.4 Å². The van der Waals surface area contributed by atoms with Crippen LogP contribution in [0.5, 0.6) is 28.7 Å². The summed E-state index contributed by atoms with van der Waals surface area (Å²) in [6.45, 7) is -0.240. The fourth-order valence-electron chi connectivity index (χ4n) is 7.03. The van der Waals surface area contributed by atoms with Crippen LogP contribution in [-0.2, 0) is 28.5 Å². The highest BCUT2D eigenvalue weighted by atomic mass is 32.1. The number of aliphatic hydroxyl groups is 2. The monoisotopic (exact) mass is 662 g/mol. The molecule has 3 saturated heterocycles. The van der Waals surface area contributed by atoms with Crippen molar-refractivity contribution in [1.82, 2.24) is 0 Å². The number of benzene rings is 2. The van der Waals surface area contributed by atoms with Crippen LogP contribution < -0.4 is 18.9 Å². The lowest BCUT2D eigenvalue weighted by Crippen LogP contribution is -2.62. The topological polar surface area (TPSA) is 161 Å². The normalized spacial score (nSPS) is 36.8. The first kappa shape index (κ1) is 23.7. The fraction of sp³-hybridized carbons (Fsp3) is 0.469. The first-order valence-corrected chi connectivity index (χ1v) is 15.4. The Labute approximate surface area is 275 Å². The molecule has 14 heteroatoms. The van der Waals surface area contributed by atoms with Gasteiger partial charge in [0.1, 0.15) is 24.4 Å². The summed E-state index contributed by atoms with van der Waals surface area (Å²) >= 11 is 1.42. The number of rotatable bonds is 6. The number of hydrogen-bond donors (Lipinski definition) is 3. The van der Waals surface area contributed by atoms with Crippen LogP contribution in [0.25, 0.3) is 0 Å². The molecule has 2 aromatic carbocycles. The molecule has 0 spiro atoms. The molecule has 0 unspecified atom stereocenters. The van der Waals surface area contributed by atoms with Crippen LogP contribution in [-0.4, -0.2) is 86.1 Å². The summed E-state index contributed by atoms with van der Waals surface area (Å²) in [5.74, 6) is -4.89. The van der Waals surface area contributed by atoms with Crippen molar-refractivity contribution in [3.8, 4) is 28.7 Å². The molecule has 1 aromatic heterocycles. The maximum absolute atomic E-state index is 13.6. The van der Waals surface area contributed by atoms with Crippen LogP contribution >= 0.6 is 11.3 Å². The fourth-order valence-corrected chi connectivity index (χ4v) is 7.73. The summed E-state index contributed by atoms with van der Waals surface area (Å²) in [4.78, 5) is 14.4. The number of carbonyl (C=O) groups is 1. The summed E-state index contributed by atoms with van der Waals surface area (Å²) in [5.41, 5.74) is 0.999. The lowest BCUT2D eigenvalue weighted by molar-refractivity contribution is -0.368. The van der Waals surface area contributed by atoms with E-state index in [2.05, 4.69) is 0 Å². The minimum Gasteiger partial charge on any atom is -0.502 e. The zero-order chi connectivity index (χ0) is 36.7. The number of aliphatic hydroxyl groups excluding tert-OH is 2. The second kappa shape index (κ2) is 11.6. The number of fused-ring (bicyclic) bond motifs is 4. The molecule has 0 radical (unpaired) electrons. The Morgan fingerprint density at radius 1 is 0.957 bits per heavy atom. The Hall–Kier alpha value is -3.63. The van der Waals surface area contributed by atoms with Crippen molar-refractivity contribution in [3.63, 3.8) is 0 Å². The van der Waals surface area contributed by atoms with Gasteiger partial charge in [-0.25, -0.2) is 0 Å². The molecule has 4 aliphatic heterocycles. The molecule has 13 nitrogen and oxygen atoms in total. The standard InChI is InChI=1S/C32H32O13S/c1-37-19-6-13(7-20(38-2)25(19)33)23-14-8-17-18(42-12-41-17)9-15(14)28(16-10-39-30(36)24(16)23)44-32-27(35)26(34)29-21(43-32)11-40-31(45-29)22-4-3-5-46-22/h3-9,16,21,23-24,26-29,31-35H,10-12H2,1-2H3/t16-,21+,23+,24-,26+,27+,28+,29+,31+,32-/m0/s1/i1D3,2D3. The largest absolute Gasteiger partial charge is 0.502 e. The van der Waals surface area contributed by atoms with Crippen molar-refractivity contribution in [2.45, 2.75) is 49.0 Å². The number of methoxy groups -OCH3 is 2. The highest BCUT2D eigenvalue weighted by Gasteiger charge is 2.56. The molecule has 5 aliphatic rings.